The zero-order valence-electron chi connectivity index (χ0n) is 14.7. The monoisotopic (exact) mass is 358 g/mol. The van der Waals surface area contributed by atoms with Crippen LogP contribution >= 0.6 is 0 Å². The molecule has 4 heterocycles. The van der Waals surface area contributed by atoms with E-state index in [2.05, 4.69) is 43.6 Å². The maximum Gasteiger partial charge on any atom is 0.241 e. The van der Waals surface area contributed by atoms with Gasteiger partial charge in [0, 0.05) is 35.6 Å². The summed E-state index contributed by atoms with van der Waals surface area (Å²) < 4.78 is 7.22. The molecular formula is C20H18N6O. The lowest BCUT2D eigenvalue weighted by Crippen LogP contribution is -2.56. The van der Waals surface area contributed by atoms with Gasteiger partial charge in [-0.15, -0.1) is 5.10 Å². The lowest BCUT2D eigenvalue weighted by atomic mass is 9.64. The van der Waals surface area contributed by atoms with Crippen LogP contribution in [0.1, 0.15) is 12.8 Å². The van der Waals surface area contributed by atoms with Crippen LogP contribution in [0.5, 0.6) is 0 Å². The second kappa shape index (κ2) is 5.47. The maximum absolute atomic E-state index is 5.34. The minimum absolute atomic E-state index is 0.432. The van der Waals surface area contributed by atoms with Crippen molar-refractivity contribution < 1.29 is 4.74 Å². The first-order valence-electron chi connectivity index (χ1n) is 9.18. The van der Waals surface area contributed by atoms with Crippen molar-refractivity contribution in [2.24, 2.45) is 5.41 Å². The average molecular weight is 358 g/mol. The number of rotatable bonds is 3. The topological polar surface area (TPSA) is 77.2 Å². The molecule has 7 nitrogen and oxygen atoms in total. The lowest BCUT2D eigenvalue weighted by molar-refractivity contribution is -0.160. The Kier molecular flexibility index (Phi) is 3.05. The summed E-state index contributed by atoms with van der Waals surface area (Å²) in [6.07, 6.45) is 9.56. The van der Waals surface area contributed by atoms with Gasteiger partial charge in [-0.25, -0.2) is 9.50 Å². The standard InChI is InChI=1S/C20H18N6O/c1-2-16-17(22-5-4-21-16)7-13(1)15-3-6-26-18(15)10-23-19(25-26)24-14-8-20(9-14)11-27-12-20/h1-7,10,14H,8-9,11-12H2,(H,24,25). The van der Waals surface area contributed by atoms with Gasteiger partial charge in [-0.1, -0.05) is 6.07 Å². The number of fused-ring (bicyclic) bond motifs is 2. The number of benzene rings is 1. The van der Waals surface area contributed by atoms with Gasteiger partial charge < -0.3 is 10.1 Å². The molecule has 27 heavy (non-hydrogen) atoms. The Morgan fingerprint density at radius 2 is 1.89 bits per heavy atom. The number of hydrogen-bond donors (Lipinski definition) is 1. The Labute approximate surface area is 155 Å². The molecule has 1 aliphatic heterocycles. The molecular weight excluding hydrogens is 340 g/mol. The number of hydrogen-bond acceptors (Lipinski definition) is 6. The molecule has 134 valence electrons. The predicted molar refractivity (Wildman–Crippen MR) is 101 cm³/mol. The quantitative estimate of drug-likeness (QED) is 0.607. The Morgan fingerprint density at radius 1 is 1.04 bits per heavy atom. The predicted octanol–water partition coefficient (Wildman–Crippen LogP) is 2.93. The van der Waals surface area contributed by atoms with Crippen molar-refractivity contribution in [1.29, 1.82) is 0 Å². The van der Waals surface area contributed by atoms with E-state index < -0.39 is 0 Å². The van der Waals surface area contributed by atoms with Crippen LogP contribution in [0, 0.1) is 5.41 Å². The summed E-state index contributed by atoms with van der Waals surface area (Å²) >= 11 is 0. The van der Waals surface area contributed by atoms with E-state index in [4.69, 9.17) is 4.74 Å². The highest BCUT2D eigenvalue weighted by molar-refractivity contribution is 5.86. The van der Waals surface area contributed by atoms with Crippen LogP contribution in [-0.4, -0.2) is 43.8 Å². The summed E-state index contributed by atoms with van der Waals surface area (Å²) in [4.78, 5) is 13.3. The molecule has 3 aromatic heterocycles. The molecule has 1 spiro atoms. The summed E-state index contributed by atoms with van der Waals surface area (Å²) in [5.74, 6) is 0.675. The largest absolute Gasteiger partial charge is 0.380 e. The fraction of sp³-hybridized carbons (Fsp3) is 0.300. The molecule has 6 rings (SSSR count). The molecule has 1 saturated carbocycles. The Morgan fingerprint density at radius 3 is 2.70 bits per heavy atom. The van der Waals surface area contributed by atoms with Crippen LogP contribution in [0.25, 0.3) is 27.7 Å². The van der Waals surface area contributed by atoms with Gasteiger partial charge in [-0.2, -0.15) is 0 Å². The summed E-state index contributed by atoms with van der Waals surface area (Å²) in [6, 6.07) is 8.62. The van der Waals surface area contributed by atoms with Crippen molar-refractivity contribution in [2.45, 2.75) is 18.9 Å². The molecule has 0 radical (unpaired) electrons. The Hall–Kier alpha value is -3.06. The van der Waals surface area contributed by atoms with Crippen LogP contribution in [0.15, 0.2) is 49.1 Å². The number of ether oxygens (including phenoxy) is 1. The SMILES string of the molecule is c1cnc2cc(-c3ccn4nc(NC5CC6(COC6)C5)ncc34)ccc2n1. The van der Waals surface area contributed by atoms with Gasteiger partial charge in [-0.05, 0) is 36.6 Å². The zero-order chi connectivity index (χ0) is 17.8. The molecule has 2 fully saturated rings. The normalized spacial score (nSPS) is 18.5. The molecule has 1 saturated heterocycles. The van der Waals surface area contributed by atoms with E-state index in [0.717, 1.165) is 53.7 Å². The van der Waals surface area contributed by atoms with Crippen LogP contribution in [0.2, 0.25) is 0 Å². The first-order chi connectivity index (χ1) is 13.3. The molecule has 0 amide bonds. The van der Waals surface area contributed by atoms with E-state index in [9.17, 15) is 0 Å². The molecule has 7 heteroatoms. The van der Waals surface area contributed by atoms with Gasteiger partial charge in [0.15, 0.2) is 0 Å². The highest BCUT2D eigenvalue weighted by Gasteiger charge is 2.49. The van der Waals surface area contributed by atoms with Gasteiger partial charge in [0.1, 0.15) is 0 Å². The zero-order valence-corrected chi connectivity index (χ0v) is 14.7. The van der Waals surface area contributed by atoms with Gasteiger partial charge in [0.2, 0.25) is 5.95 Å². The van der Waals surface area contributed by atoms with Gasteiger partial charge in [0.05, 0.1) is 36.0 Å². The van der Waals surface area contributed by atoms with Gasteiger partial charge >= 0.3 is 0 Å². The highest BCUT2D eigenvalue weighted by Crippen LogP contribution is 2.47. The number of anilines is 1. The summed E-state index contributed by atoms with van der Waals surface area (Å²) in [5.41, 5.74) is 5.35. The van der Waals surface area contributed by atoms with E-state index in [0.29, 0.717) is 17.4 Å². The van der Waals surface area contributed by atoms with Crippen molar-refractivity contribution in [3.05, 3.63) is 49.1 Å². The van der Waals surface area contributed by atoms with Gasteiger partial charge in [0.25, 0.3) is 0 Å². The first-order valence-corrected chi connectivity index (χ1v) is 9.18. The van der Waals surface area contributed by atoms with E-state index in [1.165, 1.54) is 0 Å². The third kappa shape index (κ3) is 2.39. The second-order valence-electron chi connectivity index (χ2n) is 7.64. The third-order valence-electron chi connectivity index (χ3n) is 5.71. The smallest absolute Gasteiger partial charge is 0.241 e. The third-order valence-corrected chi connectivity index (χ3v) is 5.71. The van der Waals surface area contributed by atoms with Crippen molar-refractivity contribution >= 4 is 22.5 Å². The average Bonchev–Trinajstić information content (AvgIpc) is 3.05. The fourth-order valence-electron chi connectivity index (χ4n) is 4.24. The van der Waals surface area contributed by atoms with E-state index >= 15 is 0 Å². The number of aromatic nitrogens is 5. The molecule has 2 aliphatic rings. The summed E-state index contributed by atoms with van der Waals surface area (Å²) in [6.45, 7) is 1.81. The van der Waals surface area contributed by atoms with Crippen LogP contribution in [0.4, 0.5) is 5.95 Å². The number of nitrogens with zero attached hydrogens (tertiary/aromatic N) is 5. The number of nitrogens with one attached hydrogen (secondary N) is 1. The van der Waals surface area contributed by atoms with Crippen LogP contribution < -0.4 is 5.32 Å². The fourth-order valence-corrected chi connectivity index (χ4v) is 4.24. The molecule has 4 aromatic rings. The van der Waals surface area contributed by atoms with E-state index in [1.54, 1.807) is 12.4 Å². The molecule has 0 unspecified atom stereocenters. The van der Waals surface area contributed by atoms with E-state index in [-0.39, 0.29) is 0 Å². The second-order valence-corrected chi connectivity index (χ2v) is 7.64. The van der Waals surface area contributed by atoms with Crippen molar-refractivity contribution in [3.8, 4) is 11.1 Å². The molecule has 1 N–H and O–H groups in total. The summed E-state index contributed by atoms with van der Waals surface area (Å²) in [7, 11) is 0. The Bertz CT molecular complexity index is 1160. The van der Waals surface area contributed by atoms with Crippen molar-refractivity contribution in [2.75, 3.05) is 18.5 Å². The van der Waals surface area contributed by atoms with Crippen molar-refractivity contribution in [3.63, 3.8) is 0 Å². The lowest BCUT2D eigenvalue weighted by Gasteiger charge is -2.53. The van der Waals surface area contributed by atoms with E-state index in [1.807, 2.05) is 23.0 Å². The van der Waals surface area contributed by atoms with Crippen LogP contribution in [-0.2, 0) is 4.74 Å². The Balaban J connectivity index is 1.29. The molecule has 0 bridgehead atoms. The maximum atomic E-state index is 5.34. The molecule has 1 aromatic carbocycles. The summed E-state index contributed by atoms with van der Waals surface area (Å²) in [5, 5.41) is 8.08. The molecule has 0 atom stereocenters. The highest BCUT2D eigenvalue weighted by atomic mass is 16.5. The minimum Gasteiger partial charge on any atom is -0.380 e. The minimum atomic E-state index is 0.432. The van der Waals surface area contributed by atoms with Crippen molar-refractivity contribution in [1.82, 2.24) is 24.6 Å². The van der Waals surface area contributed by atoms with Gasteiger partial charge in [-0.3, -0.25) is 9.97 Å². The van der Waals surface area contributed by atoms with Crippen LogP contribution in [0.3, 0.4) is 0 Å². The molecule has 1 aliphatic carbocycles. The first kappa shape index (κ1) is 15.0.